The minimum absolute atomic E-state index is 0.00750. The average Bonchev–Trinajstić information content (AvgIpc) is 2.60. The smallest absolute Gasteiger partial charge is 0.261 e. The monoisotopic (exact) mass is 206 g/mol. The highest BCUT2D eigenvalue weighted by Crippen LogP contribution is 2.48. The number of amidine groups is 1. The molecule has 0 spiro atoms. The molecule has 0 aromatic heterocycles. The van der Waals surface area contributed by atoms with Gasteiger partial charge in [0.2, 0.25) is 0 Å². The van der Waals surface area contributed by atoms with Crippen LogP contribution in [0.5, 0.6) is 0 Å². The van der Waals surface area contributed by atoms with Gasteiger partial charge in [-0.25, -0.2) is 4.99 Å². The molecule has 3 nitrogen and oxygen atoms in total. The Balaban J connectivity index is 2.05. The molecule has 0 radical (unpaired) electrons. The van der Waals surface area contributed by atoms with E-state index in [2.05, 4.69) is 9.98 Å². The van der Waals surface area contributed by atoms with Crippen LogP contribution in [-0.2, 0) is 4.79 Å². The first kappa shape index (κ1) is 8.41. The number of hydrogen-bond donors (Lipinski definition) is 0. The Bertz CT molecular complexity index is 420. The molecule has 0 saturated carbocycles. The molecule has 0 aromatic carbocycles. The molecular formula is C10H10N2OS. The molecule has 2 aliphatic heterocycles. The van der Waals surface area contributed by atoms with Crippen LogP contribution < -0.4 is 0 Å². The van der Waals surface area contributed by atoms with Gasteiger partial charge in [-0.05, 0) is 36.7 Å². The van der Waals surface area contributed by atoms with E-state index in [1.165, 1.54) is 16.9 Å². The first-order chi connectivity index (χ1) is 6.75. The normalized spacial score (nSPS) is 30.1. The Labute approximate surface area is 86.4 Å². The van der Waals surface area contributed by atoms with E-state index >= 15 is 0 Å². The van der Waals surface area contributed by atoms with E-state index in [1.54, 1.807) is 18.7 Å². The molecule has 3 aliphatic rings. The molecule has 14 heavy (non-hydrogen) atoms. The topological polar surface area (TPSA) is 41.8 Å². The first-order valence-electron chi connectivity index (χ1n) is 4.83. The summed E-state index contributed by atoms with van der Waals surface area (Å²) in [6, 6.07) is 0. The lowest BCUT2D eigenvalue weighted by Gasteiger charge is -2.14. The van der Waals surface area contributed by atoms with Crippen LogP contribution in [0.1, 0.15) is 26.2 Å². The van der Waals surface area contributed by atoms with Gasteiger partial charge in [0, 0.05) is 0 Å². The molecule has 1 unspecified atom stereocenters. The quantitative estimate of drug-likeness (QED) is 0.609. The van der Waals surface area contributed by atoms with Gasteiger partial charge in [0.1, 0.15) is 11.8 Å². The third-order valence-corrected chi connectivity index (χ3v) is 4.07. The molecule has 0 N–H and O–H groups in total. The molecule has 3 rings (SSSR count). The third kappa shape index (κ3) is 1.03. The van der Waals surface area contributed by atoms with Gasteiger partial charge in [-0.1, -0.05) is 11.8 Å². The highest BCUT2D eigenvalue weighted by molar-refractivity contribution is 8.17. The van der Waals surface area contributed by atoms with E-state index in [9.17, 15) is 4.79 Å². The fourth-order valence-electron chi connectivity index (χ4n) is 2.25. The molecule has 1 amide bonds. The SMILES string of the molecule is CC1=NC(=O)C2C(=N1)SC1=C2CCC1. The molecule has 0 fully saturated rings. The van der Waals surface area contributed by atoms with Crippen LogP contribution in [0.3, 0.4) is 0 Å². The van der Waals surface area contributed by atoms with Gasteiger partial charge < -0.3 is 0 Å². The summed E-state index contributed by atoms with van der Waals surface area (Å²) in [7, 11) is 0. The van der Waals surface area contributed by atoms with E-state index in [0.29, 0.717) is 5.84 Å². The molecule has 4 heteroatoms. The van der Waals surface area contributed by atoms with Crippen LogP contribution in [0.4, 0.5) is 0 Å². The summed E-state index contributed by atoms with van der Waals surface area (Å²) in [6.07, 6.45) is 3.38. The zero-order valence-electron chi connectivity index (χ0n) is 7.91. The van der Waals surface area contributed by atoms with Gasteiger partial charge in [0.15, 0.2) is 0 Å². The summed E-state index contributed by atoms with van der Waals surface area (Å²) in [5.41, 5.74) is 1.30. The van der Waals surface area contributed by atoms with Gasteiger partial charge in [-0.3, -0.25) is 4.79 Å². The summed E-state index contributed by atoms with van der Waals surface area (Å²) in [5, 5.41) is 0.965. The Kier molecular flexibility index (Phi) is 1.68. The lowest BCUT2D eigenvalue weighted by Crippen LogP contribution is -2.24. The van der Waals surface area contributed by atoms with Crippen molar-refractivity contribution in [1.82, 2.24) is 0 Å². The van der Waals surface area contributed by atoms with Crippen molar-refractivity contribution in [2.24, 2.45) is 15.9 Å². The number of carbonyl (C=O) groups is 1. The molecule has 0 aromatic rings. The molecule has 0 bridgehead atoms. The van der Waals surface area contributed by atoms with Crippen molar-refractivity contribution in [3.8, 4) is 0 Å². The van der Waals surface area contributed by atoms with Crippen molar-refractivity contribution in [3.05, 3.63) is 10.5 Å². The third-order valence-electron chi connectivity index (χ3n) is 2.82. The minimum atomic E-state index is -0.0961. The number of thioether (sulfide) groups is 1. The van der Waals surface area contributed by atoms with E-state index in [0.717, 1.165) is 17.9 Å². The van der Waals surface area contributed by atoms with Crippen molar-refractivity contribution in [2.45, 2.75) is 26.2 Å². The number of allylic oxidation sites excluding steroid dienone is 1. The van der Waals surface area contributed by atoms with Crippen LogP contribution in [0.25, 0.3) is 0 Å². The van der Waals surface area contributed by atoms with Crippen molar-refractivity contribution >= 4 is 28.5 Å². The van der Waals surface area contributed by atoms with Crippen LogP contribution >= 0.6 is 11.8 Å². The predicted molar refractivity (Wildman–Crippen MR) is 57.5 cm³/mol. The zero-order valence-corrected chi connectivity index (χ0v) is 8.73. The fraction of sp³-hybridized carbons (Fsp3) is 0.500. The van der Waals surface area contributed by atoms with Crippen molar-refractivity contribution in [3.63, 3.8) is 0 Å². The maximum atomic E-state index is 11.7. The van der Waals surface area contributed by atoms with E-state index < -0.39 is 0 Å². The lowest BCUT2D eigenvalue weighted by molar-refractivity contribution is -0.118. The standard InChI is InChI=1S/C10H10N2OS/c1-5-11-9(13)8-6-3-2-4-7(6)14-10(8)12-5/h8H,2-4H2,1H3. The number of nitrogens with zero attached hydrogens (tertiary/aromatic N) is 2. The Hall–Kier alpha value is -0.900. The Morgan fingerprint density at radius 2 is 2.21 bits per heavy atom. The van der Waals surface area contributed by atoms with Crippen LogP contribution in [0.2, 0.25) is 0 Å². The highest BCUT2D eigenvalue weighted by Gasteiger charge is 2.40. The zero-order chi connectivity index (χ0) is 9.71. The number of rotatable bonds is 0. The number of aliphatic imine (C=N–C) groups is 2. The van der Waals surface area contributed by atoms with Crippen molar-refractivity contribution in [1.29, 1.82) is 0 Å². The second-order valence-electron chi connectivity index (χ2n) is 3.78. The summed E-state index contributed by atoms with van der Waals surface area (Å²) < 4.78 is 0. The summed E-state index contributed by atoms with van der Waals surface area (Å²) in [6.45, 7) is 1.78. The second kappa shape index (κ2) is 2.79. The van der Waals surface area contributed by atoms with E-state index in [4.69, 9.17) is 0 Å². The van der Waals surface area contributed by atoms with Crippen molar-refractivity contribution in [2.75, 3.05) is 0 Å². The maximum absolute atomic E-state index is 11.7. The second-order valence-corrected chi connectivity index (χ2v) is 4.90. The Morgan fingerprint density at radius 1 is 1.36 bits per heavy atom. The van der Waals surface area contributed by atoms with Crippen LogP contribution in [0, 0.1) is 5.92 Å². The summed E-state index contributed by atoms with van der Waals surface area (Å²) >= 11 is 1.70. The number of amides is 1. The van der Waals surface area contributed by atoms with E-state index in [1.807, 2.05) is 0 Å². The van der Waals surface area contributed by atoms with Gasteiger partial charge >= 0.3 is 0 Å². The van der Waals surface area contributed by atoms with Gasteiger partial charge in [-0.2, -0.15) is 4.99 Å². The van der Waals surface area contributed by atoms with Crippen molar-refractivity contribution < 1.29 is 4.79 Å². The highest BCUT2D eigenvalue weighted by atomic mass is 32.2. The fourth-order valence-corrected chi connectivity index (χ4v) is 3.63. The molecule has 1 aliphatic carbocycles. The number of carbonyl (C=O) groups excluding carboxylic acids is 1. The largest absolute Gasteiger partial charge is 0.271 e. The maximum Gasteiger partial charge on any atom is 0.261 e. The van der Waals surface area contributed by atoms with E-state index in [-0.39, 0.29) is 11.8 Å². The summed E-state index contributed by atoms with van der Waals surface area (Å²) in [5.74, 6) is 0.503. The summed E-state index contributed by atoms with van der Waals surface area (Å²) in [4.78, 5) is 21.4. The molecular weight excluding hydrogens is 196 g/mol. The number of fused-ring (bicyclic) bond motifs is 2. The van der Waals surface area contributed by atoms with Crippen LogP contribution in [-0.4, -0.2) is 16.8 Å². The first-order valence-corrected chi connectivity index (χ1v) is 5.65. The van der Waals surface area contributed by atoms with Gasteiger partial charge in [-0.15, -0.1) is 0 Å². The molecule has 0 saturated heterocycles. The van der Waals surface area contributed by atoms with Gasteiger partial charge in [0.25, 0.3) is 5.91 Å². The van der Waals surface area contributed by atoms with Gasteiger partial charge in [0.05, 0.1) is 5.04 Å². The lowest BCUT2D eigenvalue weighted by atomic mass is 9.98. The minimum Gasteiger partial charge on any atom is -0.271 e. The Morgan fingerprint density at radius 3 is 3.07 bits per heavy atom. The van der Waals surface area contributed by atoms with Crippen LogP contribution in [0.15, 0.2) is 20.5 Å². The average molecular weight is 206 g/mol. The molecule has 72 valence electrons. The molecule has 2 heterocycles. The number of hydrogen-bond acceptors (Lipinski definition) is 3. The predicted octanol–water partition coefficient (Wildman–Crippen LogP) is 2.14. The molecule has 1 atom stereocenters.